The van der Waals surface area contributed by atoms with E-state index in [4.69, 9.17) is 0 Å². The maximum absolute atomic E-state index is 13.2. The van der Waals surface area contributed by atoms with E-state index in [0.29, 0.717) is 23.0 Å². The molecule has 0 aliphatic carbocycles. The van der Waals surface area contributed by atoms with Gasteiger partial charge in [0.15, 0.2) is 0 Å². The fraction of sp³-hybridized carbons (Fsp3) is 0.167. The van der Waals surface area contributed by atoms with E-state index in [1.165, 1.54) is 6.07 Å². The summed E-state index contributed by atoms with van der Waals surface area (Å²) in [7, 11) is 0. The first-order valence-electron chi connectivity index (χ1n) is 7.25. The molecule has 1 amide bonds. The number of carbonyl (C=O) groups excluding carboxylic acids is 1. The van der Waals surface area contributed by atoms with Crippen LogP contribution in [-0.4, -0.2) is 12.1 Å². The highest BCUT2D eigenvalue weighted by Gasteiger charge is 2.35. The second-order valence-electron chi connectivity index (χ2n) is 5.30. The lowest BCUT2D eigenvalue weighted by atomic mass is 10.2. The Bertz CT molecular complexity index is 767. The molecule has 0 radical (unpaired) electrons. The normalized spacial score (nSPS) is 12.0. The van der Waals surface area contributed by atoms with E-state index < -0.39 is 17.8 Å². The Morgan fingerprint density at radius 1 is 0.875 bits per heavy atom. The Morgan fingerprint density at radius 2 is 1.33 bits per heavy atom. The van der Waals surface area contributed by atoms with Crippen LogP contribution in [-0.2, 0) is 4.79 Å². The standard InChI is InChI=1S/C18H17F3N2O/c1-12-7-3-5-9-14(12)22-16(18(19,20)21)11-17(24)23-15-10-6-4-8-13(15)2/h3-11,22H,1-2H3,(H,23,24)/b16-11+. The first kappa shape index (κ1) is 17.6. The highest BCUT2D eigenvalue weighted by molar-refractivity contribution is 6.00. The molecule has 0 aliphatic heterocycles. The summed E-state index contributed by atoms with van der Waals surface area (Å²) >= 11 is 0. The lowest BCUT2D eigenvalue weighted by Gasteiger charge is -2.16. The van der Waals surface area contributed by atoms with Crippen LogP contribution in [0.25, 0.3) is 0 Å². The number of hydrogen-bond donors (Lipinski definition) is 2. The van der Waals surface area contributed by atoms with Gasteiger partial charge in [-0.3, -0.25) is 4.79 Å². The van der Waals surface area contributed by atoms with Crippen LogP contribution in [0.5, 0.6) is 0 Å². The van der Waals surface area contributed by atoms with Gasteiger partial charge in [-0.15, -0.1) is 0 Å². The molecule has 3 nitrogen and oxygen atoms in total. The summed E-state index contributed by atoms with van der Waals surface area (Å²) in [4.78, 5) is 12.0. The van der Waals surface area contributed by atoms with Gasteiger partial charge in [0.2, 0.25) is 5.91 Å². The van der Waals surface area contributed by atoms with Crippen molar-refractivity contribution in [3.8, 4) is 0 Å². The summed E-state index contributed by atoms with van der Waals surface area (Å²) in [5.74, 6) is -0.849. The van der Waals surface area contributed by atoms with Gasteiger partial charge < -0.3 is 10.6 Å². The molecule has 0 atom stereocenters. The van der Waals surface area contributed by atoms with Crippen LogP contribution < -0.4 is 10.6 Å². The summed E-state index contributed by atoms with van der Waals surface area (Å²) in [5.41, 5.74) is 1.05. The molecule has 0 fully saturated rings. The predicted octanol–water partition coefficient (Wildman–Crippen LogP) is 4.80. The first-order valence-corrected chi connectivity index (χ1v) is 7.25. The summed E-state index contributed by atoms with van der Waals surface area (Å²) in [6, 6.07) is 13.4. The van der Waals surface area contributed by atoms with Gasteiger partial charge in [0.25, 0.3) is 0 Å². The topological polar surface area (TPSA) is 41.1 Å². The van der Waals surface area contributed by atoms with Gasteiger partial charge in [0, 0.05) is 17.5 Å². The zero-order chi connectivity index (χ0) is 17.7. The minimum atomic E-state index is -4.68. The lowest BCUT2D eigenvalue weighted by Crippen LogP contribution is -2.22. The SMILES string of the molecule is Cc1ccccc1NC(=O)/C=C(/Nc1ccccc1C)C(F)(F)F. The number of alkyl halides is 3. The van der Waals surface area contributed by atoms with Crippen LogP contribution in [0, 0.1) is 13.8 Å². The van der Waals surface area contributed by atoms with E-state index >= 15 is 0 Å². The Balaban J connectivity index is 2.24. The number of allylic oxidation sites excluding steroid dienone is 1. The number of benzene rings is 2. The molecule has 0 heterocycles. The molecule has 126 valence electrons. The van der Waals surface area contributed by atoms with Crippen LogP contribution in [0.2, 0.25) is 0 Å². The molecule has 24 heavy (non-hydrogen) atoms. The Labute approximate surface area is 138 Å². The number of hydrogen-bond acceptors (Lipinski definition) is 2. The number of para-hydroxylation sites is 2. The third-order valence-corrected chi connectivity index (χ3v) is 3.40. The van der Waals surface area contributed by atoms with Crippen LogP contribution in [0.4, 0.5) is 24.5 Å². The molecule has 0 saturated heterocycles. The Morgan fingerprint density at radius 3 is 1.79 bits per heavy atom. The fourth-order valence-electron chi connectivity index (χ4n) is 2.06. The maximum atomic E-state index is 13.2. The fourth-order valence-corrected chi connectivity index (χ4v) is 2.06. The second-order valence-corrected chi connectivity index (χ2v) is 5.30. The summed E-state index contributed by atoms with van der Waals surface area (Å²) in [5, 5.41) is 4.75. The van der Waals surface area contributed by atoms with E-state index in [1.54, 1.807) is 56.3 Å². The number of anilines is 2. The van der Waals surface area contributed by atoms with Crippen LogP contribution in [0.3, 0.4) is 0 Å². The Hall–Kier alpha value is -2.76. The van der Waals surface area contributed by atoms with Crippen molar-refractivity contribution in [1.82, 2.24) is 0 Å². The van der Waals surface area contributed by atoms with Crippen molar-refractivity contribution >= 4 is 17.3 Å². The number of rotatable bonds is 4. The predicted molar refractivity (Wildman–Crippen MR) is 88.7 cm³/mol. The Kier molecular flexibility index (Phi) is 5.28. The molecule has 0 saturated carbocycles. The van der Waals surface area contributed by atoms with Gasteiger partial charge in [-0.2, -0.15) is 13.2 Å². The summed E-state index contributed by atoms with van der Waals surface area (Å²) in [6.45, 7) is 3.44. The van der Waals surface area contributed by atoms with Crippen molar-refractivity contribution in [3.05, 3.63) is 71.4 Å². The number of aryl methyl sites for hydroxylation is 2. The average molecular weight is 334 g/mol. The monoisotopic (exact) mass is 334 g/mol. The van der Waals surface area contributed by atoms with Gasteiger partial charge >= 0.3 is 6.18 Å². The van der Waals surface area contributed by atoms with Crippen molar-refractivity contribution in [2.45, 2.75) is 20.0 Å². The molecule has 6 heteroatoms. The van der Waals surface area contributed by atoms with Crippen molar-refractivity contribution < 1.29 is 18.0 Å². The maximum Gasteiger partial charge on any atom is 0.431 e. The molecule has 2 aromatic rings. The smallest absolute Gasteiger partial charge is 0.351 e. The van der Waals surface area contributed by atoms with E-state index in [2.05, 4.69) is 10.6 Å². The summed E-state index contributed by atoms with van der Waals surface area (Å²) in [6.07, 6.45) is -4.15. The van der Waals surface area contributed by atoms with E-state index in [9.17, 15) is 18.0 Å². The molecule has 0 aromatic heterocycles. The highest BCUT2D eigenvalue weighted by Crippen LogP contribution is 2.28. The third-order valence-electron chi connectivity index (χ3n) is 3.40. The molecule has 0 spiro atoms. The second kappa shape index (κ2) is 7.21. The van der Waals surface area contributed by atoms with Crippen molar-refractivity contribution in [2.24, 2.45) is 0 Å². The zero-order valence-electron chi connectivity index (χ0n) is 13.2. The molecule has 2 N–H and O–H groups in total. The van der Waals surface area contributed by atoms with Crippen molar-refractivity contribution in [2.75, 3.05) is 10.6 Å². The van der Waals surface area contributed by atoms with Gasteiger partial charge in [-0.05, 0) is 37.1 Å². The van der Waals surface area contributed by atoms with Crippen LogP contribution in [0.15, 0.2) is 60.3 Å². The molecule has 2 rings (SSSR count). The molecule has 0 aliphatic rings. The first-order chi connectivity index (χ1) is 11.3. The van der Waals surface area contributed by atoms with Gasteiger partial charge in [-0.25, -0.2) is 0 Å². The van der Waals surface area contributed by atoms with Gasteiger partial charge in [-0.1, -0.05) is 36.4 Å². The molecular weight excluding hydrogens is 317 g/mol. The van der Waals surface area contributed by atoms with Crippen molar-refractivity contribution in [1.29, 1.82) is 0 Å². The van der Waals surface area contributed by atoms with Crippen LogP contribution >= 0.6 is 0 Å². The molecule has 0 bridgehead atoms. The van der Waals surface area contributed by atoms with Gasteiger partial charge in [0.1, 0.15) is 5.70 Å². The quantitative estimate of drug-likeness (QED) is 0.789. The molecular formula is C18H17F3N2O. The minimum absolute atomic E-state index is 0.296. The largest absolute Gasteiger partial charge is 0.431 e. The van der Waals surface area contributed by atoms with Gasteiger partial charge in [0.05, 0.1) is 0 Å². The third kappa shape index (κ3) is 4.62. The van der Waals surface area contributed by atoms with Crippen LogP contribution in [0.1, 0.15) is 11.1 Å². The number of nitrogens with one attached hydrogen (secondary N) is 2. The van der Waals surface area contributed by atoms with E-state index in [0.717, 1.165) is 5.56 Å². The minimum Gasteiger partial charge on any atom is -0.351 e. The molecule has 2 aromatic carbocycles. The average Bonchev–Trinajstić information content (AvgIpc) is 2.50. The number of amides is 1. The van der Waals surface area contributed by atoms with Crippen molar-refractivity contribution in [3.63, 3.8) is 0 Å². The molecule has 0 unspecified atom stereocenters. The van der Waals surface area contributed by atoms with E-state index in [-0.39, 0.29) is 0 Å². The number of carbonyl (C=O) groups is 1. The lowest BCUT2D eigenvalue weighted by molar-refractivity contribution is -0.113. The van der Waals surface area contributed by atoms with E-state index in [1.807, 2.05) is 0 Å². The number of halogens is 3. The zero-order valence-corrected chi connectivity index (χ0v) is 13.2. The summed E-state index contributed by atoms with van der Waals surface area (Å²) < 4.78 is 39.6. The highest BCUT2D eigenvalue weighted by atomic mass is 19.4.